The van der Waals surface area contributed by atoms with Crippen LogP contribution in [-0.2, 0) is 10.3 Å². The summed E-state index contributed by atoms with van der Waals surface area (Å²) in [5.74, 6) is 0.672. The van der Waals surface area contributed by atoms with Crippen molar-refractivity contribution in [2.24, 2.45) is 0 Å². The number of anilines is 1. The molecule has 7 heteroatoms. The highest BCUT2D eigenvalue weighted by molar-refractivity contribution is 7.83. The van der Waals surface area contributed by atoms with Crippen molar-refractivity contribution in [3.63, 3.8) is 0 Å². The zero-order chi connectivity index (χ0) is 12.2. The zero-order valence-electron chi connectivity index (χ0n) is 8.93. The summed E-state index contributed by atoms with van der Waals surface area (Å²) in [6.45, 7) is 3.80. The van der Waals surface area contributed by atoms with Crippen LogP contribution in [-0.4, -0.2) is 19.1 Å². The van der Waals surface area contributed by atoms with Gasteiger partial charge in [-0.2, -0.15) is 0 Å². The fourth-order valence-electron chi connectivity index (χ4n) is 1.01. The summed E-state index contributed by atoms with van der Waals surface area (Å²) in [6.07, 6.45) is 0.0685. The van der Waals surface area contributed by atoms with E-state index in [1.54, 1.807) is 29.1 Å². The van der Waals surface area contributed by atoms with E-state index in [0.717, 1.165) is 0 Å². The van der Waals surface area contributed by atoms with Gasteiger partial charge in [0.05, 0.1) is 11.8 Å². The molecule has 0 heterocycles. The molecule has 0 radical (unpaired) electrons. The fourth-order valence-corrected chi connectivity index (χ4v) is 1.25. The highest BCUT2D eigenvalue weighted by Crippen LogP contribution is 2.16. The van der Waals surface area contributed by atoms with Gasteiger partial charge >= 0.3 is 0 Å². The number of benzene rings is 1. The molecule has 0 aliphatic carbocycles. The van der Waals surface area contributed by atoms with E-state index in [2.05, 4.69) is 5.43 Å². The highest BCUT2D eigenvalue weighted by Gasteiger charge is 1.98. The van der Waals surface area contributed by atoms with Crippen LogP contribution in [0, 0.1) is 0 Å². The van der Waals surface area contributed by atoms with Crippen molar-refractivity contribution in [3.05, 3.63) is 24.3 Å². The molecule has 90 valence electrons. The van der Waals surface area contributed by atoms with Gasteiger partial charge in [0, 0.05) is 0 Å². The molecule has 2 N–H and O–H groups in total. The molecule has 0 unspecified atom stereocenters. The van der Waals surface area contributed by atoms with Crippen molar-refractivity contribution in [2.75, 3.05) is 5.43 Å². The lowest BCUT2D eigenvalue weighted by molar-refractivity contribution is 0.242. The van der Waals surface area contributed by atoms with Gasteiger partial charge in [0.2, 0.25) is 0 Å². The van der Waals surface area contributed by atoms with Crippen LogP contribution in [0.5, 0.6) is 5.75 Å². The molecule has 6 nitrogen and oxygen atoms in total. The Kier molecular flexibility index (Phi) is 4.11. The number of hydrogen-bond donors (Lipinski definition) is 2. The molecule has 0 amide bonds. The third-order valence-electron chi connectivity index (χ3n) is 1.55. The van der Waals surface area contributed by atoms with Crippen molar-refractivity contribution in [3.8, 4) is 5.75 Å². The van der Waals surface area contributed by atoms with Gasteiger partial charge in [-0.1, -0.05) is 0 Å². The molecule has 1 aromatic rings. The first-order chi connectivity index (χ1) is 7.37. The fraction of sp³-hybridized carbons (Fsp3) is 0.333. The molecular weight excluding hydrogens is 232 g/mol. The van der Waals surface area contributed by atoms with Gasteiger partial charge in [0.25, 0.3) is 0 Å². The normalized spacial score (nSPS) is 11.5. The lowest BCUT2D eigenvalue weighted by Gasteiger charge is -2.13. The number of ether oxygens (including phenoxy) is 1. The van der Waals surface area contributed by atoms with E-state index in [1.807, 2.05) is 13.8 Å². The van der Waals surface area contributed by atoms with Gasteiger partial charge in [0.1, 0.15) is 5.75 Å². The van der Waals surface area contributed by atoms with Crippen LogP contribution < -0.4 is 15.0 Å². The van der Waals surface area contributed by atoms with Gasteiger partial charge in [-0.15, -0.1) is 4.83 Å². The summed E-state index contributed by atoms with van der Waals surface area (Å²) >= 11 is 0. The Hall–Kier alpha value is -1.31. The lowest BCUT2D eigenvalue weighted by Crippen LogP contribution is -2.28. The topological polar surface area (TPSA) is 90.5 Å². The molecule has 1 aromatic carbocycles. The SMILES string of the molecule is CC(C)Oc1ccc(NNS(=O)(=O)[O-])cc1. The number of hydrazine groups is 1. The average molecular weight is 245 g/mol. The van der Waals surface area contributed by atoms with E-state index in [-0.39, 0.29) is 6.10 Å². The molecule has 0 aliphatic rings. The molecule has 0 aliphatic heterocycles. The van der Waals surface area contributed by atoms with Crippen LogP contribution in [0.15, 0.2) is 24.3 Å². The molecule has 0 spiro atoms. The Bertz CT molecular complexity index is 427. The number of nitrogens with one attached hydrogen (secondary N) is 2. The van der Waals surface area contributed by atoms with Crippen LogP contribution in [0.4, 0.5) is 5.69 Å². The maximum absolute atomic E-state index is 10.3. The standard InChI is InChI=1S/C9H14N2O4S/c1-7(2)15-9-5-3-8(4-6-9)10-11-16(12,13)14/h3-7,10-11H,1-2H3,(H,12,13,14)/p-1. The van der Waals surface area contributed by atoms with E-state index in [0.29, 0.717) is 11.4 Å². The smallest absolute Gasteiger partial charge is 0.176 e. The summed E-state index contributed by atoms with van der Waals surface area (Å²) < 4.78 is 36.2. The summed E-state index contributed by atoms with van der Waals surface area (Å²) in [4.78, 5) is 1.62. The van der Waals surface area contributed by atoms with Crippen molar-refractivity contribution < 1.29 is 17.7 Å². The molecule has 0 bridgehead atoms. The maximum Gasteiger partial charge on any atom is 0.176 e. The summed E-state index contributed by atoms with van der Waals surface area (Å²) in [6, 6.07) is 6.52. The summed E-state index contributed by atoms with van der Waals surface area (Å²) in [7, 11) is -4.49. The quantitative estimate of drug-likeness (QED) is 0.593. The van der Waals surface area contributed by atoms with Gasteiger partial charge in [0.15, 0.2) is 10.3 Å². The third-order valence-corrected chi connectivity index (χ3v) is 1.90. The van der Waals surface area contributed by atoms with Crippen molar-refractivity contribution in [1.82, 2.24) is 4.83 Å². The molecule has 1 rings (SSSR count). The zero-order valence-corrected chi connectivity index (χ0v) is 9.74. The van der Waals surface area contributed by atoms with Crippen LogP contribution in [0.3, 0.4) is 0 Å². The van der Waals surface area contributed by atoms with E-state index < -0.39 is 10.3 Å². The van der Waals surface area contributed by atoms with Crippen LogP contribution >= 0.6 is 0 Å². The molecule has 0 aromatic heterocycles. The first-order valence-electron chi connectivity index (χ1n) is 4.62. The van der Waals surface area contributed by atoms with Gasteiger partial charge in [-0.25, -0.2) is 8.42 Å². The first-order valence-corrected chi connectivity index (χ1v) is 6.03. The first kappa shape index (κ1) is 12.8. The van der Waals surface area contributed by atoms with Gasteiger partial charge in [-0.05, 0) is 38.1 Å². The predicted molar refractivity (Wildman–Crippen MR) is 58.7 cm³/mol. The van der Waals surface area contributed by atoms with E-state index in [9.17, 15) is 13.0 Å². The third kappa shape index (κ3) is 4.96. The average Bonchev–Trinajstić information content (AvgIpc) is 2.14. The monoisotopic (exact) mass is 245 g/mol. The van der Waals surface area contributed by atoms with Gasteiger partial charge in [-0.3, -0.25) is 0 Å². The van der Waals surface area contributed by atoms with E-state index in [1.165, 1.54) is 0 Å². The maximum atomic E-state index is 10.3. The molecule has 0 saturated carbocycles. The Labute approximate surface area is 94.5 Å². The summed E-state index contributed by atoms with van der Waals surface area (Å²) in [5, 5.41) is 0. The predicted octanol–water partition coefficient (Wildman–Crippen LogP) is 0.850. The molecular formula is C9H13N2O4S-. The van der Waals surface area contributed by atoms with Crippen molar-refractivity contribution in [2.45, 2.75) is 20.0 Å². The molecule has 16 heavy (non-hydrogen) atoms. The molecule has 0 fully saturated rings. The Morgan fingerprint density at radius 2 is 1.81 bits per heavy atom. The summed E-state index contributed by atoms with van der Waals surface area (Å²) in [5.41, 5.74) is 2.71. The number of rotatable bonds is 5. The van der Waals surface area contributed by atoms with Crippen LogP contribution in [0.2, 0.25) is 0 Å². The Balaban J connectivity index is 2.58. The van der Waals surface area contributed by atoms with Crippen LogP contribution in [0.1, 0.15) is 13.8 Å². The lowest BCUT2D eigenvalue weighted by atomic mass is 10.3. The highest BCUT2D eigenvalue weighted by atomic mass is 32.2. The largest absolute Gasteiger partial charge is 0.734 e. The second kappa shape index (κ2) is 5.15. The van der Waals surface area contributed by atoms with Crippen LogP contribution in [0.25, 0.3) is 0 Å². The van der Waals surface area contributed by atoms with Gasteiger partial charge < -0.3 is 14.7 Å². The minimum absolute atomic E-state index is 0.0685. The second-order valence-corrected chi connectivity index (χ2v) is 4.48. The van der Waals surface area contributed by atoms with Crippen molar-refractivity contribution >= 4 is 16.0 Å². The second-order valence-electron chi connectivity index (χ2n) is 3.37. The molecule has 0 atom stereocenters. The van der Waals surface area contributed by atoms with E-state index >= 15 is 0 Å². The minimum atomic E-state index is -4.49. The van der Waals surface area contributed by atoms with E-state index in [4.69, 9.17) is 4.74 Å². The molecule has 0 saturated heterocycles. The number of hydrogen-bond acceptors (Lipinski definition) is 5. The Morgan fingerprint density at radius 1 is 1.25 bits per heavy atom. The Morgan fingerprint density at radius 3 is 2.25 bits per heavy atom. The van der Waals surface area contributed by atoms with Crippen molar-refractivity contribution in [1.29, 1.82) is 0 Å². The minimum Gasteiger partial charge on any atom is -0.734 e.